The van der Waals surface area contributed by atoms with Crippen LogP contribution in [0.15, 0.2) is 18.2 Å². The third-order valence-electron chi connectivity index (χ3n) is 3.86. The molecule has 0 saturated heterocycles. The van der Waals surface area contributed by atoms with Crippen molar-refractivity contribution in [1.29, 1.82) is 0 Å². The Hall–Kier alpha value is -2.04. The molecule has 1 aliphatic rings. The molecule has 3 amide bonds. The Labute approximate surface area is 125 Å². The summed E-state index contributed by atoms with van der Waals surface area (Å²) in [5.41, 5.74) is 3.22. The van der Waals surface area contributed by atoms with Crippen LogP contribution in [-0.4, -0.2) is 24.5 Å². The molecule has 0 spiro atoms. The first-order valence-corrected chi connectivity index (χ1v) is 7.45. The van der Waals surface area contributed by atoms with Gasteiger partial charge in [-0.2, -0.15) is 0 Å². The minimum atomic E-state index is -0.143. The molecule has 1 heterocycles. The summed E-state index contributed by atoms with van der Waals surface area (Å²) in [5, 5.41) is 5.73. The molecule has 0 saturated carbocycles. The zero-order valence-corrected chi connectivity index (χ0v) is 12.9. The van der Waals surface area contributed by atoms with E-state index in [1.165, 1.54) is 5.56 Å². The molecule has 0 bridgehead atoms. The van der Waals surface area contributed by atoms with Crippen molar-refractivity contribution in [3.63, 3.8) is 0 Å². The van der Waals surface area contributed by atoms with Gasteiger partial charge >= 0.3 is 6.03 Å². The number of anilines is 1. The summed E-state index contributed by atoms with van der Waals surface area (Å²) in [7, 11) is 0. The van der Waals surface area contributed by atoms with Gasteiger partial charge in [0.25, 0.3) is 0 Å². The summed E-state index contributed by atoms with van der Waals surface area (Å²) in [6, 6.07) is 6.03. The zero-order chi connectivity index (χ0) is 15.4. The normalized spacial score (nSPS) is 14.5. The number of nitrogens with zero attached hydrogens (tertiary/aromatic N) is 1. The first-order chi connectivity index (χ1) is 10.0. The Morgan fingerprint density at radius 1 is 1.38 bits per heavy atom. The fourth-order valence-electron chi connectivity index (χ4n) is 2.45. The van der Waals surface area contributed by atoms with E-state index in [0.717, 1.165) is 30.6 Å². The Morgan fingerprint density at radius 2 is 2.14 bits per heavy atom. The van der Waals surface area contributed by atoms with Crippen LogP contribution < -0.4 is 15.5 Å². The maximum absolute atomic E-state index is 11.7. The van der Waals surface area contributed by atoms with Crippen LogP contribution in [0.5, 0.6) is 0 Å². The largest absolute Gasteiger partial charge is 0.336 e. The monoisotopic (exact) mass is 289 g/mol. The van der Waals surface area contributed by atoms with Crippen LogP contribution in [0, 0.1) is 0 Å². The molecule has 1 atom stereocenters. The quantitative estimate of drug-likeness (QED) is 0.892. The minimum absolute atomic E-state index is 0.0764. The average molecular weight is 289 g/mol. The lowest BCUT2D eigenvalue weighted by molar-refractivity contribution is -0.116. The van der Waals surface area contributed by atoms with Crippen LogP contribution in [0.3, 0.4) is 0 Å². The molecule has 2 N–H and O–H groups in total. The summed E-state index contributed by atoms with van der Waals surface area (Å²) in [5.74, 6) is 0.0764. The van der Waals surface area contributed by atoms with Gasteiger partial charge in [0.05, 0.1) is 0 Å². The molecule has 0 aromatic heterocycles. The second-order valence-corrected chi connectivity index (χ2v) is 5.52. The Bertz CT molecular complexity index is 542. The van der Waals surface area contributed by atoms with Gasteiger partial charge in [-0.3, -0.25) is 4.79 Å². The molecule has 1 aromatic carbocycles. The van der Waals surface area contributed by atoms with Crippen molar-refractivity contribution in [1.82, 2.24) is 10.6 Å². The maximum Gasteiger partial charge on any atom is 0.315 e. The van der Waals surface area contributed by atoms with Gasteiger partial charge in [0, 0.05) is 31.7 Å². The van der Waals surface area contributed by atoms with Crippen molar-refractivity contribution in [2.45, 2.75) is 46.2 Å². The number of hydrogen-bond acceptors (Lipinski definition) is 2. The van der Waals surface area contributed by atoms with Gasteiger partial charge in [-0.05, 0) is 37.0 Å². The summed E-state index contributed by atoms with van der Waals surface area (Å²) in [4.78, 5) is 25.0. The van der Waals surface area contributed by atoms with E-state index in [0.29, 0.717) is 6.54 Å². The topological polar surface area (TPSA) is 61.4 Å². The Morgan fingerprint density at radius 3 is 2.81 bits per heavy atom. The van der Waals surface area contributed by atoms with Crippen molar-refractivity contribution >= 4 is 17.6 Å². The summed E-state index contributed by atoms with van der Waals surface area (Å²) in [6.45, 7) is 6.84. The van der Waals surface area contributed by atoms with E-state index >= 15 is 0 Å². The van der Waals surface area contributed by atoms with Crippen LogP contribution in [0.2, 0.25) is 0 Å². The molecule has 1 aliphatic heterocycles. The van der Waals surface area contributed by atoms with E-state index in [1.54, 1.807) is 11.8 Å². The first kappa shape index (κ1) is 15.4. The van der Waals surface area contributed by atoms with Crippen LogP contribution in [0.4, 0.5) is 10.5 Å². The molecular formula is C16H23N3O2. The summed E-state index contributed by atoms with van der Waals surface area (Å²) >= 11 is 0. The second-order valence-electron chi connectivity index (χ2n) is 5.52. The van der Waals surface area contributed by atoms with Gasteiger partial charge in [0.15, 0.2) is 0 Å². The lowest BCUT2D eigenvalue weighted by Crippen LogP contribution is -2.40. The van der Waals surface area contributed by atoms with Gasteiger partial charge < -0.3 is 15.5 Å². The number of carbonyl (C=O) groups is 2. The Balaban J connectivity index is 1.95. The average Bonchev–Trinajstić information content (AvgIpc) is 2.88. The van der Waals surface area contributed by atoms with Crippen molar-refractivity contribution in [2.75, 3.05) is 11.4 Å². The molecule has 5 nitrogen and oxygen atoms in total. The van der Waals surface area contributed by atoms with Crippen molar-refractivity contribution < 1.29 is 9.59 Å². The number of hydrogen-bond donors (Lipinski definition) is 2. The fourth-order valence-corrected chi connectivity index (χ4v) is 2.45. The van der Waals surface area contributed by atoms with Crippen LogP contribution in [0.25, 0.3) is 0 Å². The highest BCUT2D eigenvalue weighted by Crippen LogP contribution is 2.28. The molecule has 0 fully saturated rings. The lowest BCUT2D eigenvalue weighted by Gasteiger charge is -2.15. The number of nitrogens with one attached hydrogen (secondary N) is 2. The number of fused-ring (bicyclic) bond motifs is 1. The fraction of sp³-hybridized carbons (Fsp3) is 0.500. The highest BCUT2D eigenvalue weighted by atomic mass is 16.2. The van der Waals surface area contributed by atoms with Crippen molar-refractivity contribution in [3.05, 3.63) is 29.3 Å². The third-order valence-corrected chi connectivity index (χ3v) is 3.86. The Kier molecular flexibility index (Phi) is 4.83. The maximum atomic E-state index is 11.7. The van der Waals surface area contributed by atoms with E-state index in [2.05, 4.69) is 16.7 Å². The van der Waals surface area contributed by atoms with Gasteiger partial charge in [-0.1, -0.05) is 19.1 Å². The van der Waals surface area contributed by atoms with E-state index in [1.807, 2.05) is 26.0 Å². The van der Waals surface area contributed by atoms with E-state index < -0.39 is 0 Å². The van der Waals surface area contributed by atoms with E-state index in [4.69, 9.17) is 0 Å². The molecule has 21 heavy (non-hydrogen) atoms. The van der Waals surface area contributed by atoms with Crippen LogP contribution in [-0.2, 0) is 17.8 Å². The van der Waals surface area contributed by atoms with E-state index in [9.17, 15) is 9.59 Å². The van der Waals surface area contributed by atoms with Crippen LogP contribution >= 0.6 is 0 Å². The SMILES string of the molecule is CC[C@H](C)NC(=O)NCc1ccc2c(c1)CCN2C(C)=O. The minimum Gasteiger partial charge on any atom is -0.336 e. The molecule has 114 valence electrons. The highest BCUT2D eigenvalue weighted by molar-refractivity contribution is 5.93. The number of rotatable bonds is 4. The second kappa shape index (κ2) is 6.61. The van der Waals surface area contributed by atoms with Gasteiger partial charge in [0.1, 0.15) is 0 Å². The van der Waals surface area contributed by atoms with Gasteiger partial charge in [0.2, 0.25) is 5.91 Å². The first-order valence-electron chi connectivity index (χ1n) is 7.45. The predicted molar refractivity (Wildman–Crippen MR) is 83.3 cm³/mol. The number of amides is 3. The van der Waals surface area contributed by atoms with Crippen molar-refractivity contribution in [2.24, 2.45) is 0 Å². The van der Waals surface area contributed by atoms with Crippen molar-refractivity contribution in [3.8, 4) is 0 Å². The number of carbonyl (C=O) groups excluding carboxylic acids is 2. The molecule has 0 aliphatic carbocycles. The predicted octanol–water partition coefficient (Wildman–Crippen LogP) is 2.19. The van der Waals surface area contributed by atoms with Gasteiger partial charge in [-0.25, -0.2) is 4.79 Å². The lowest BCUT2D eigenvalue weighted by atomic mass is 10.1. The molecule has 5 heteroatoms. The smallest absolute Gasteiger partial charge is 0.315 e. The summed E-state index contributed by atoms with van der Waals surface area (Å²) < 4.78 is 0. The number of benzene rings is 1. The summed E-state index contributed by atoms with van der Waals surface area (Å²) in [6.07, 6.45) is 1.79. The number of urea groups is 1. The molecule has 0 radical (unpaired) electrons. The highest BCUT2D eigenvalue weighted by Gasteiger charge is 2.22. The van der Waals surface area contributed by atoms with Crippen LogP contribution in [0.1, 0.15) is 38.3 Å². The molecule has 0 unspecified atom stereocenters. The van der Waals surface area contributed by atoms with E-state index in [-0.39, 0.29) is 18.0 Å². The standard InChI is InChI=1S/C16H23N3O2/c1-4-11(2)18-16(21)17-10-13-5-6-15-14(9-13)7-8-19(15)12(3)20/h5-6,9,11H,4,7-8,10H2,1-3H3,(H2,17,18,21)/t11-/m0/s1. The molecule has 2 rings (SSSR count). The molecule has 1 aromatic rings. The third kappa shape index (κ3) is 3.74. The molecular weight excluding hydrogens is 266 g/mol. The zero-order valence-electron chi connectivity index (χ0n) is 12.9. The van der Waals surface area contributed by atoms with Gasteiger partial charge in [-0.15, -0.1) is 0 Å².